The van der Waals surface area contributed by atoms with Gasteiger partial charge in [0.25, 0.3) is 5.91 Å². The van der Waals surface area contributed by atoms with Crippen LogP contribution < -0.4 is 30.4 Å². The molecule has 3 aromatic rings. The number of amides is 1. The average molecular weight is 450 g/mol. The highest BCUT2D eigenvalue weighted by atomic mass is 16.5. The zero-order chi connectivity index (χ0) is 23.8. The molecule has 0 radical (unpaired) electrons. The zero-order valence-corrected chi connectivity index (χ0v) is 18.8. The summed E-state index contributed by atoms with van der Waals surface area (Å²) in [7, 11) is 4.44. The van der Waals surface area contributed by atoms with Crippen molar-refractivity contribution in [3.63, 3.8) is 0 Å². The number of benzene rings is 3. The maximum Gasteiger partial charge on any atom is 0.279 e. The number of methoxy groups -OCH3 is 3. The molecule has 0 fully saturated rings. The van der Waals surface area contributed by atoms with Crippen LogP contribution in [0.2, 0.25) is 0 Å². The molecular weight excluding hydrogens is 422 g/mol. The Kier molecular flexibility index (Phi) is 7.88. The number of hydrogen-bond donors (Lipinski definition) is 2. The number of ether oxygens (including phenoxy) is 4. The smallest absolute Gasteiger partial charge is 0.279 e. The molecule has 0 spiro atoms. The van der Waals surface area contributed by atoms with Gasteiger partial charge in [-0.1, -0.05) is 24.3 Å². The van der Waals surface area contributed by atoms with Gasteiger partial charge >= 0.3 is 0 Å². The zero-order valence-electron chi connectivity index (χ0n) is 18.8. The minimum Gasteiger partial charge on any atom is -0.493 e. The third kappa shape index (κ3) is 5.81. The van der Waals surface area contributed by atoms with Crippen molar-refractivity contribution < 1.29 is 23.7 Å². The predicted molar refractivity (Wildman–Crippen MR) is 126 cm³/mol. The molecular formula is C25H27N3O5. The Morgan fingerprint density at radius 3 is 1.91 bits per heavy atom. The van der Waals surface area contributed by atoms with Crippen LogP contribution >= 0.6 is 0 Å². The van der Waals surface area contributed by atoms with Crippen LogP contribution in [0.15, 0.2) is 65.7 Å². The predicted octanol–water partition coefficient (Wildman–Crippen LogP) is 3.30. The fraction of sp³-hybridized carbons (Fsp3) is 0.200. The first-order chi connectivity index (χ1) is 16.0. The van der Waals surface area contributed by atoms with Crippen LogP contribution in [0.4, 0.5) is 0 Å². The Morgan fingerprint density at radius 2 is 1.39 bits per heavy atom. The second-order valence-corrected chi connectivity index (χ2v) is 7.05. The van der Waals surface area contributed by atoms with Gasteiger partial charge in [-0.05, 0) is 47.5 Å². The molecule has 8 heteroatoms. The number of nitrogens with two attached hydrogens (primary N) is 2. The van der Waals surface area contributed by atoms with Crippen molar-refractivity contribution in [1.29, 1.82) is 0 Å². The van der Waals surface area contributed by atoms with Gasteiger partial charge in [0.1, 0.15) is 18.2 Å². The number of carbonyl (C=O) groups is 1. The molecule has 1 amide bonds. The summed E-state index contributed by atoms with van der Waals surface area (Å²) < 4.78 is 21.6. The van der Waals surface area contributed by atoms with E-state index in [4.69, 9.17) is 30.4 Å². The molecule has 172 valence electrons. The van der Waals surface area contributed by atoms with E-state index >= 15 is 0 Å². The summed E-state index contributed by atoms with van der Waals surface area (Å²) in [4.78, 5) is 16.7. The summed E-state index contributed by atoms with van der Waals surface area (Å²) in [5.41, 5.74) is 14.6. The van der Waals surface area contributed by atoms with Crippen LogP contribution in [-0.2, 0) is 13.2 Å². The number of nitrogens with zero attached hydrogens (tertiary/aromatic N) is 1. The highest BCUT2D eigenvalue weighted by molar-refractivity contribution is 6.09. The van der Waals surface area contributed by atoms with E-state index in [1.165, 1.54) is 33.5 Å². The monoisotopic (exact) mass is 449 g/mol. The number of amidine groups is 1. The minimum atomic E-state index is -0.534. The van der Waals surface area contributed by atoms with E-state index < -0.39 is 5.91 Å². The van der Waals surface area contributed by atoms with Gasteiger partial charge in [-0.3, -0.25) is 4.79 Å². The molecule has 0 aliphatic rings. The Hall–Kier alpha value is -4.04. The normalized spacial score (nSPS) is 11.1. The van der Waals surface area contributed by atoms with Gasteiger partial charge in [-0.25, -0.2) is 0 Å². The lowest BCUT2D eigenvalue weighted by Gasteiger charge is -2.13. The second-order valence-electron chi connectivity index (χ2n) is 7.05. The third-order valence-electron chi connectivity index (χ3n) is 4.95. The van der Waals surface area contributed by atoms with Crippen molar-refractivity contribution in [2.75, 3.05) is 21.3 Å². The van der Waals surface area contributed by atoms with Gasteiger partial charge in [0, 0.05) is 17.7 Å². The molecule has 3 aromatic carbocycles. The third-order valence-corrected chi connectivity index (χ3v) is 4.95. The van der Waals surface area contributed by atoms with Crippen LogP contribution in [-0.4, -0.2) is 33.1 Å². The summed E-state index contributed by atoms with van der Waals surface area (Å²) in [5.74, 6) is 1.32. The van der Waals surface area contributed by atoms with Gasteiger partial charge in [-0.15, -0.1) is 0 Å². The van der Waals surface area contributed by atoms with Crippen LogP contribution in [0.1, 0.15) is 27.0 Å². The molecule has 0 saturated carbocycles. The Morgan fingerprint density at radius 1 is 0.818 bits per heavy atom. The lowest BCUT2D eigenvalue weighted by atomic mass is 10.1. The first-order valence-corrected chi connectivity index (χ1v) is 10.2. The van der Waals surface area contributed by atoms with E-state index in [1.807, 2.05) is 24.3 Å². The van der Waals surface area contributed by atoms with Crippen LogP contribution in [0.25, 0.3) is 0 Å². The molecule has 8 nitrogen and oxygen atoms in total. The summed E-state index contributed by atoms with van der Waals surface area (Å²) >= 11 is 0. The van der Waals surface area contributed by atoms with Crippen LogP contribution in [0.3, 0.4) is 0 Å². The van der Waals surface area contributed by atoms with Crippen molar-refractivity contribution in [3.8, 4) is 23.0 Å². The van der Waals surface area contributed by atoms with Crippen LogP contribution in [0.5, 0.6) is 23.0 Å². The first-order valence-electron chi connectivity index (χ1n) is 10.2. The Bertz CT molecular complexity index is 1100. The summed E-state index contributed by atoms with van der Waals surface area (Å²) in [5, 5.41) is 0. The summed E-state index contributed by atoms with van der Waals surface area (Å²) in [6, 6.07) is 18.0. The van der Waals surface area contributed by atoms with Crippen molar-refractivity contribution in [2.45, 2.75) is 13.2 Å². The number of aliphatic imine (C=N–C) groups is 1. The Labute approximate surface area is 192 Å². The molecule has 0 unspecified atom stereocenters. The van der Waals surface area contributed by atoms with E-state index in [9.17, 15) is 4.79 Å². The molecule has 33 heavy (non-hydrogen) atoms. The van der Waals surface area contributed by atoms with Crippen molar-refractivity contribution in [2.24, 2.45) is 16.5 Å². The van der Waals surface area contributed by atoms with Gasteiger partial charge in [0.2, 0.25) is 5.75 Å². The lowest BCUT2D eigenvalue weighted by Crippen LogP contribution is -2.16. The summed E-state index contributed by atoms with van der Waals surface area (Å²) in [6.45, 7) is 0.932. The maximum atomic E-state index is 12.7. The molecule has 0 atom stereocenters. The van der Waals surface area contributed by atoms with Crippen molar-refractivity contribution in [3.05, 3.63) is 82.9 Å². The molecule has 0 bridgehead atoms. The van der Waals surface area contributed by atoms with Gasteiger partial charge in [0.05, 0.1) is 21.3 Å². The largest absolute Gasteiger partial charge is 0.493 e. The fourth-order valence-electron chi connectivity index (χ4n) is 3.10. The van der Waals surface area contributed by atoms with Gasteiger partial charge in [-0.2, -0.15) is 4.99 Å². The number of rotatable bonds is 9. The van der Waals surface area contributed by atoms with E-state index in [1.54, 1.807) is 24.3 Å². The number of carbonyl (C=O) groups excluding carboxylic acids is 1. The minimum absolute atomic E-state index is 0.0812. The summed E-state index contributed by atoms with van der Waals surface area (Å²) in [6.07, 6.45) is 0. The van der Waals surface area contributed by atoms with Gasteiger partial charge < -0.3 is 30.4 Å². The van der Waals surface area contributed by atoms with E-state index in [0.29, 0.717) is 41.7 Å². The highest BCUT2D eigenvalue weighted by Gasteiger charge is 2.17. The molecule has 0 heterocycles. The quantitative estimate of drug-likeness (QED) is 0.380. The van der Waals surface area contributed by atoms with E-state index in [0.717, 1.165) is 11.1 Å². The van der Waals surface area contributed by atoms with E-state index in [-0.39, 0.29) is 11.4 Å². The molecule has 0 saturated heterocycles. The number of hydrogen-bond acceptors (Lipinski definition) is 6. The Balaban J connectivity index is 1.70. The molecule has 0 aliphatic heterocycles. The fourth-order valence-corrected chi connectivity index (χ4v) is 3.10. The van der Waals surface area contributed by atoms with Gasteiger partial charge in [0.15, 0.2) is 11.5 Å². The topological polar surface area (TPSA) is 118 Å². The SMILES string of the molecule is COc1cc(C(=O)N=C(N)c2ccc(OCc3ccc(CN)cc3)cc2)cc(OC)c1OC. The highest BCUT2D eigenvalue weighted by Crippen LogP contribution is 2.38. The molecule has 4 N–H and O–H groups in total. The molecule has 0 aliphatic carbocycles. The molecule has 0 aromatic heterocycles. The van der Waals surface area contributed by atoms with Crippen LogP contribution in [0, 0.1) is 0 Å². The van der Waals surface area contributed by atoms with Crippen molar-refractivity contribution in [1.82, 2.24) is 0 Å². The lowest BCUT2D eigenvalue weighted by molar-refractivity contribution is 0.100. The first kappa shape index (κ1) is 23.6. The molecule has 3 rings (SSSR count). The van der Waals surface area contributed by atoms with Crippen molar-refractivity contribution >= 4 is 11.7 Å². The van der Waals surface area contributed by atoms with E-state index in [2.05, 4.69) is 4.99 Å². The average Bonchev–Trinajstić information content (AvgIpc) is 2.86. The second kappa shape index (κ2) is 11.0. The standard InChI is InChI=1S/C25H27N3O5/c1-30-21-12-19(13-22(31-2)23(21)32-3)25(29)28-24(27)18-8-10-20(11-9-18)33-15-17-6-4-16(14-26)5-7-17/h4-13H,14-15,26H2,1-3H3,(H2,27,28,29). The maximum absolute atomic E-state index is 12.7.